The number of guanidine groups is 1. The smallest absolute Gasteiger partial charge is 0.218 e. The highest BCUT2D eigenvalue weighted by atomic mass is 32.2. The van der Waals surface area contributed by atoms with Gasteiger partial charge >= 0.3 is 0 Å². The van der Waals surface area contributed by atoms with Crippen molar-refractivity contribution in [1.82, 2.24) is 14.5 Å². The fourth-order valence-electron chi connectivity index (χ4n) is 3.84. The molecule has 2 fully saturated rings. The van der Waals surface area contributed by atoms with Gasteiger partial charge in [-0.2, -0.15) is 4.31 Å². The van der Waals surface area contributed by atoms with E-state index in [1.807, 2.05) is 24.3 Å². The molecule has 2 aliphatic heterocycles. The molecule has 1 aromatic carbocycles. The number of benzene rings is 1. The second-order valence-electron chi connectivity index (χ2n) is 8.54. The largest absolute Gasteiger partial charge is 0.379 e. The molecule has 1 N–H and O–H groups in total. The molecular weight excluding hydrogens is 388 g/mol. The van der Waals surface area contributed by atoms with Gasteiger partial charge in [-0.1, -0.05) is 38.1 Å². The van der Waals surface area contributed by atoms with Crippen molar-refractivity contribution in [3.05, 3.63) is 35.4 Å². The van der Waals surface area contributed by atoms with Crippen molar-refractivity contribution in [3.8, 4) is 0 Å². The standard InChI is InChI=1S/C21H34N4O3S/c1-4-22-20(24-10-9-21(2,3)17-24)23-15-18-7-5-6-8-19(18)16-29(26,27)25-11-13-28-14-12-25/h5-8H,4,9-17H2,1-3H3,(H,22,23). The molecule has 0 atom stereocenters. The first-order valence-electron chi connectivity index (χ1n) is 10.5. The molecule has 0 aliphatic carbocycles. The molecule has 0 saturated carbocycles. The van der Waals surface area contributed by atoms with E-state index < -0.39 is 10.0 Å². The van der Waals surface area contributed by atoms with Gasteiger partial charge in [0.15, 0.2) is 5.96 Å². The van der Waals surface area contributed by atoms with Crippen molar-refractivity contribution in [2.75, 3.05) is 45.9 Å². The Hall–Kier alpha value is -1.64. The first-order chi connectivity index (χ1) is 13.8. The molecule has 0 radical (unpaired) electrons. The third-order valence-electron chi connectivity index (χ3n) is 5.53. The van der Waals surface area contributed by atoms with Gasteiger partial charge in [-0.3, -0.25) is 0 Å². The number of nitrogens with one attached hydrogen (secondary N) is 1. The summed E-state index contributed by atoms with van der Waals surface area (Å²) in [6.45, 7) is 11.7. The zero-order chi connectivity index (χ0) is 20.9. The molecule has 2 saturated heterocycles. The van der Waals surface area contributed by atoms with Gasteiger partial charge in [0.2, 0.25) is 10.0 Å². The Morgan fingerprint density at radius 1 is 1.17 bits per heavy atom. The van der Waals surface area contributed by atoms with Crippen LogP contribution in [0.2, 0.25) is 0 Å². The average molecular weight is 423 g/mol. The molecule has 2 aliphatic rings. The van der Waals surface area contributed by atoms with Crippen LogP contribution >= 0.6 is 0 Å². The minimum Gasteiger partial charge on any atom is -0.379 e. The number of rotatable bonds is 6. The summed E-state index contributed by atoms with van der Waals surface area (Å²) >= 11 is 0. The molecule has 0 spiro atoms. The Labute approximate surface area is 175 Å². The molecule has 0 bridgehead atoms. The lowest BCUT2D eigenvalue weighted by atomic mass is 9.93. The van der Waals surface area contributed by atoms with Gasteiger partial charge < -0.3 is 15.0 Å². The minimum atomic E-state index is -3.36. The van der Waals surface area contributed by atoms with Gasteiger partial charge in [0.1, 0.15) is 0 Å². The van der Waals surface area contributed by atoms with E-state index in [-0.39, 0.29) is 5.75 Å². The van der Waals surface area contributed by atoms with Crippen LogP contribution in [0.15, 0.2) is 29.3 Å². The highest BCUT2D eigenvalue weighted by Gasteiger charge is 2.31. The van der Waals surface area contributed by atoms with Crippen LogP contribution in [0.25, 0.3) is 0 Å². The SMILES string of the molecule is CCNC(=NCc1ccccc1CS(=O)(=O)N1CCOCC1)N1CCC(C)(C)C1. The highest BCUT2D eigenvalue weighted by Crippen LogP contribution is 2.28. The van der Waals surface area contributed by atoms with Crippen LogP contribution in [-0.2, 0) is 27.1 Å². The Morgan fingerprint density at radius 2 is 1.86 bits per heavy atom. The summed E-state index contributed by atoms with van der Waals surface area (Å²) in [5.41, 5.74) is 2.07. The number of hydrogen-bond acceptors (Lipinski definition) is 4. The van der Waals surface area contributed by atoms with Crippen molar-refractivity contribution < 1.29 is 13.2 Å². The van der Waals surface area contributed by atoms with Crippen LogP contribution in [-0.4, -0.2) is 69.5 Å². The molecule has 0 aromatic heterocycles. The summed E-state index contributed by atoms with van der Waals surface area (Å²) in [4.78, 5) is 7.14. The predicted molar refractivity (Wildman–Crippen MR) is 116 cm³/mol. The van der Waals surface area contributed by atoms with Crippen molar-refractivity contribution in [1.29, 1.82) is 0 Å². The molecule has 2 heterocycles. The number of sulfonamides is 1. The van der Waals surface area contributed by atoms with Gasteiger partial charge in [0, 0.05) is 32.7 Å². The van der Waals surface area contributed by atoms with E-state index in [1.54, 1.807) is 0 Å². The minimum absolute atomic E-state index is 0.00593. The molecule has 0 amide bonds. The van der Waals surface area contributed by atoms with Crippen molar-refractivity contribution in [3.63, 3.8) is 0 Å². The molecule has 0 unspecified atom stereocenters. The molecule has 162 valence electrons. The maximum atomic E-state index is 12.8. The second-order valence-corrected chi connectivity index (χ2v) is 10.5. The van der Waals surface area contributed by atoms with Crippen LogP contribution in [0, 0.1) is 5.41 Å². The number of nitrogens with zero attached hydrogens (tertiary/aromatic N) is 3. The third kappa shape index (κ3) is 5.93. The Balaban J connectivity index is 1.74. The first kappa shape index (κ1) is 22.1. The number of hydrogen-bond donors (Lipinski definition) is 1. The number of aliphatic imine (C=N–C) groups is 1. The summed E-state index contributed by atoms with van der Waals surface area (Å²) in [5, 5.41) is 3.39. The molecular formula is C21H34N4O3S. The number of likely N-dealkylation sites (tertiary alicyclic amines) is 1. The quantitative estimate of drug-likeness (QED) is 0.561. The zero-order valence-corrected chi connectivity index (χ0v) is 18.7. The lowest BCUT2D eigenvalue weighted by Gasteiger charge is -2.26. The summed E-state index contributed by atoms with van der Waals surface area (Å²) in [6.07, 6.45) is 1.14. The monoisotopic (exact) mass is 422 g/mol. The maximum absolute atomic E-state index is 12.8. The lowest BCUT2D eigenvalue weighted by Crippen LogP contribution is -2.41. The lowest BCUT2D eigenvalue weighted by molar-refractivity contribution is 0.0729. The topological polar surface area (TPSA) is 74.2 Å². The summed E-state index contributed by atoms with van der Waals surface area (Å²) in [7, 11) is -3.36. The van der Waals surface area contributed by atoms with Crippen molar-refractivity contribution >= 4 is 16.0 Å². The number of ether oxygens (including phenoxy) is 1. The van der Waals surface area contributed by atoms with E-state index >= 15 is 0 Å². The van der Waals surface area contributed by atoms with E-state index in [9.17, 15) is 8.42 Å². The van der Waals surface area contributed by atoms with Crippen LogP contribution in [0.3, 0.4) is 0 Å². The van der Waals surface area contributed by atoms with E-state index in [0.29, 0.717) is 38.3 Å². The van der Waals surface area contributed by atoms with E-state index in [1.165, 1.54) is 4.31 Å². The summed E-state index contributed by atoms with van der Waals surface area (Å²) in [5.74, 6) is 0.912. The third-order valence-corrected chi connectivity index (χ3v) is 7.36. The van der Waals surface area contributed by atoms with Gasteiger partial charge in [-0.05, 0) is 29.9 Å². The Kier molecular flexibility index (Phi) is 7.19. The molecule has 1 aromatic rings. The van der Waals surface area contributed by atoms with Crippen LogP contribution in [0.5, 0.6) is 0 Å². The van der Waals surface area contributed by atoms with Gasteiger partial charge in [0.05, 0.1) is 25.5 Å². The summed E-state index contributed by atoms with van der Waals surface area (Å²) < 4.78 is 32.5. The number of morpholine rings is 1. The Bertz CT molecular complexity index is 817. The average Bonchev–Trinajstić information content (AvgIpc) is 3.06. The zero-order valence-electron chi connectivity index (χ0n) is 17.9. The van der Waals surface area contributed by atoms with Gasteiger partial charge in [-0.25, -0.2) is 13.4 Å². The predicted octanol–water partition coefficient (Wildman–Crippen LogP) is 2.05. The van der Waals surface area contributed by atoms with Gasteiger partial charge in [-0.15, -0.1) is 0 Å². The molecule has 3 rings (SSSR count). The fourth-order valence-corrected chi connectivity index (χ4v) is 5.41. The molecule has 29 heavy (non-hydrogen) atoms. The summed E-state index contributed by atoms with van der Waals surface area (Å²) in [6, 6.07) is 7.72. The van der Waals surface area contributed by atoms with E-state index in [4.69, 9.17) is 9.73 Å². The van der Waals surface area contributed by atoms with Gasteiger partial charge in [0.25, 0.3) is 0 Å². The van der Waals surface area contributed by atoms with Crippen LogP contribution in [0.1, 0.15) is 38.3 Å². The fraction of sp³-hybridized carbons (Fsp3) is 0.667. The first-order valence-corrected chi connectivity index (χ1v) is 12.1. The van der Waals surface area contributed by atoms with E-state index in [2.05, 4.69) is 31.0 Å². The van der Waals surface area contributed by atoms with E-state index in [0.717, 1.165) is 43.1 Å². The van der Waals surface area contributed by atoms with Crippen molar-refractivity contribution in [2.45, 2.75) is 39.5 Å². The van der Waals surface area contributed by atoms with Crippen molar-refractivity contribution in [2.24, 2.45) is 10.4 Å². The molecule has 8 heteroatoms. The van der Waals surface area contributed by atoms with Crippen LogP contribution < -0.4 is 5.32 Å². The second kappa shape index (κ2) is 9.45. The van der Waals surface area contributed by atoms with Crippen LogP contribution in [0.4, 0.5) is 0 Å². The highest BCUT2D eigenvalue weighted by molar-refractivity contribution is 7.88. The Morgan fingerprint density at radius 3 is 2.48 bits per heavy atom. The normalized spacial score (nSPS) is 20.8. The molecule has 7 nitrogen and oxygen atoms in total. The maximum Gasteiger partial charge on any atom is 0.218 e.